The van der Waals surface area contributed by atoms with Crippen LogP contribution in [0.15, 0.2) is 0 Å². The van der Waals surface area contributed by atoms with Gasteiger partial charge in [-0.15, -0.1) is 0 Å². The first-order valence-electron chi connectivity index (χ1n) is 4.55. The fraction of sp³-hybridized carbons (Fsp3) is 0.889. The van der Waals surface area contributed by atoms with Crippen LogP contribution in [0.4, 0.5) is 0 Å². The van der Waals surface area contributed by atoms with Crippen LogP contribution in [0, 0.1) is 6.92 Å². The van der Waals surface area contributed by atoms with E-state index in [-0.39, 0.29) is 18.9 Å². The molecule has 0 atom stereocenters. The molecule has 0 amide bonds. The van der Waals surface area contributed by atoms with Crippen LogP contribution in [-0.4, -0.2) is 14.9 Å². The van der Waals surface area contributed by atoms with Crippen LogP contribution in [0.25, 0.3) is 0 Å². The topological polar surface area (TPSA) is 9.23 Å². The van der Waals surface area contributed by atoms with Crippen molar-refractivity contribution in [2.45, 2.75) is 45.3 Å². The van der Waals surface area contributed by atoms with E-state index in [0.29, 0.717) is 0 Å². The standard InChI is InChI=1S/C9H21OSi.Li/c1-5-7-9-11(3,4)10-8-6-2;/h2,5-9H2,1,3-4H3;/q-1;+1. The number of hydrogen-bond acceptors (Lipinski definition) is 1. The third-order valence-electron chi connectivity index (χ3n) is 1.77. The average Bonchev–Trinajstić information content (AvgIpc) is 1.97. The number of rotatable bonds is 6. The number of hydrogen-bond donors (Lipinski definition) is 0. The third kappa shape index (κ3) is 8.87. The second-order valence-electron chi connectivity index (χ2n) is 3.57. The Labute approximate surface area is 90.6 Å². The van der Waals surface area contributed by atoms with E-state index in [1.54, 1.807) is 0 Å². The van der Waals surface area contributed by atoms with Crippen LogP contribution < -0.4 is 18.9 Å². The normalized spacial score (nSPS) is 11.0. The average molecular weight is 180 g/mol. The van der Waals surface area contributed by atoms with Crippen molar-refractivity contribution in [2.24, 2.45) is 0 Å². The van der Waals surface area contributed by atoms with Gasteiger partial charge < -0.3 is 11.3 Å². The van der Waals surface area contributed by atoms with Crippen molar-refractivity contribution in [1.82, 2.24) is 0 Å². The van der Waals surface area contributed by atoms with Gasteiger partial charge in [0.25, 0.3) is 0 Å². The van der Waals surface area contributed by atoms with Gasteiger partial charge in [-0.05, 0) is 19.1 Å². The van der Waals surface area contributed by atoms with E-state index in [0.717, 1.165) is 13.0 Å². The Kier molecular flexibility index (Phi) is 10.6. The summed E-state index contributed by atoms with van der Waals surface area (Å²) in [5.74, 6) is 0. The molecule has 0 unspecified atom stereocenters. The molecule has 0 fully saturated rings. The van der Waals surface area contributed by atoms with Gasteiger partial charge in [0.05, 0.1) is 0 Å². The van der Waals surface area contributed by atoms with Crippen molar-refractivity contribution >= 4 is 8.32 Å². The van der Waals surface area contributed by atoms with Crippen LogP contribution >= 0.6 is 0 Å². The zero-order chi connectivity index (χ0) is 8.74. The molecule has 1 nitrogen and oxygen atoms in total. The minimum atomic E-state index is -1.29. The molecule has 0 rings (SSSR count). The van der Waals surface area contributed by atoms with E-state index >= 15 is 0 Å². The molecule has 0 aromatic rings. The molecule has 0 spiro atoms. The molecule has 68 valence electrons. The zero-order valence-electron chi connectivity index (χ0n) is 9.15. The molecule has 3 heteroatoms. The van der Waals surface area contributed by atoms with E-state index in [4.69, 9.17) is 4.43 Å². The maximum atomic E-state index is 5.76. The van der Waals surface area contributed by atoms with Crippen molar-refractivity contribution in [2.75, 3.05) is 6.61 Å². The summed E-state index contributed by atoms with van der Waals surface area (Å²) in [7, 11) is -1.29. The maximum absolute atomic E-state index is 5.76. The molecule has 0 aliphatic heterocycles. The van der Waals surface area contributed by atoms with Gasteiger partial charge in [0.2, 0.25) is 0 Å². The Hall–Kier alpha value is 0.774. The van der Waals surface area contributed by atoms with Gasteiger partial charge in [-0.1, -0.05) is 19.8 Å². The van der Waals surface area contributed by atoms with Crippen molar-refractivity contribution in [3.8, 4) is 0 Å². The Morgan fingerprint density at radius 1 is 1.33 bits per heavy atom. The van der Waals surface area contributed by atoms with Crippen molar-refractivity contribution in [3.63, 3.8) is 0 Å². The monoisotopic (exact) mass is 180 g/mol. The summed E-state index contributed by atoms with van der Waals surface area (Å²) in [6, 6.07) is 1.30. The van der Waals surface area contributed by atoms with Gasteiger partial charge in [0, 0.05) is 6.61 Å². The largest absolute Gasteiger partial charge is 1.00 e. The van der Waals surface area contributed by atoms with E-state index in [9.17, 15) is 0 Å². The van der Waals surface area contributed by atoms with Crippen molar-refractivity contribution in [1.29, 1.82) is 0 Å². The summed E-state index contributed by atoms with van der Waals surface area (Å²) in [6.45, 7) is 11.4. The Bertz CT molecular complexity index is 86.5. The van der Waals surface area contributed by atoms with Crippen LogP contribution in [0.5, 0.6) is 0 Å². The summed E-state index contributed by atoms with van der Waals surface area (Å²) in [5, 5.41) is 0. The summed E-state index contributed by atoms with van der Waals surface area (Å²) in [4.78, 5) is 0. The molecule has 0 aliphatic carbocycles. The first kappa shape index (κ1) is 15.3. The predicted octanol–water partition coefficient (Wildman–Crippen LogP) is 0.236. The van der Waals surface area contributed by atoms with Crippen molar-refractivity contribution in [3.05, 3.63) is 6.92 Å². The molecule has 0 saturated carbocycles. The van der Waals surface area contributed by atoms with Gasteiger partial charge >= 0.3 is 18.9 Å². The zero-order valence-corrected chi connectivity index (χ0v) is 10.2. The van der Waals surface area contributed by atoms with Gasteiger partial charge in [0.15, 0.2) is 8.32 Å². The fourth-order valence-corrected chi connectivity index (χ4v) is 3.07. The quantitative estimate of drug-likeness (QED) is 0.420. The molecule has 0 radical (unpaired) electrons. The summed E-state index contributed by atoms with van der Waals surface area (Å²) >= 11 is 0. The molecule has 0 bridgehead atoms. The summed E-state index contributed by atoms with van der Waals surface area (Å²) in [5.41, 5.74) is 0. The third-order valence-corrected chi connectivity index (χ3v) is 4.31. The molecule has 0 aliphatic rings. The summed E-state index contributed by atoms with van der Waals surface area (Å²) in [6.07, 6.45) is 3.50. The molecule has 0 heterocycles. The second kappa shape index (κ2) is 8.38. The van der Waals surface area contributed by atoms with Gasteiger partial charge in [-0.2, -0.15) is 6.42 Å². The fourth-order valence-electron chi connectivity index (χ4n) is 1.02. The minimum absolute atomic E-state index is 0. The maximum Gasteiger partial charge on any atom is 1.00 e. The predicted molar refractivity (Wildman–Crippen MR) is 53.1 cm³/mol. The molecule has 12 heavy (non-hydrogen) atoms. The minimum Gasteiger partial charge on any atom is -0.420 e. The van der Waals surface area contributed by atoms with E-state index in [2.05, 4.69) is 26.9 Å². The van der Waals surface area contributed by atoms with Gasteiger partial charge in [0.1, 0.15) is 0 Å². The molecule has 0 aromatic heterocycles. The summed E-state index contributed by atoms with van der Waals surface area (Å²) < 4.78 is 5.76. The Morgan fingerprint density at radius 2 is 1.92 bits per heavy atom. The second-order valence-corrected chi connectivity index (χ2v) is 7.87. The Balaban J connectivity index is 0. The number of unbranched alkanes of at least 4 members (excludes halogenated alkanes) is 1. The van der Waals surface area contributed by atoms with Crippen LogP contribution in [0.1, 0.15) is 26.2 Å². The first-order valence-corrected chi connectivity index (χ1v) is 7.67. The Morgan fingerprint density at radius 3 is 2.33 bits per heavy atom. The molecule has 0 N–H and O–H groups in total. The van der Waals surface area contributed by atoms with Crippen LogP contribution in [-0.2, 0) is 4.43 Å². The SMILES string of the molecule is [CH2-]CCO[Si](C)(C)CCCC.[Li+]. The molecule has 0 aromatic carbocycles. The molecular formula is C9H21LiOSi. The van der Waals surface area contributed by atoms with Crippen LogP contribution in [0.3, 0.4) is 0 Å². The molecule has 0 saturated heterocycles. The van der Waals surface area contributed by atoms with E-state index in [1.165, 1.54) is 18.9 Å². The van der Waals surface area contributed by atoms with Crippen molar-refractivity contribution < 1.29 is 23.3 Å². The molecular weight excluding hydrogens is 159 g/mol. The van der Waals surface area contributed by atoms with E-state index < -0.39 is 8.32 Å². The smallest absolute Gasteiger partial charge is 0.420 e. The van der Waals surface area contributed by atoms with Gasteiger partial charge in [-0.3, -0.25) is 0 Å². The van der Waals surface area contributed by atoms with E-state index in [1.807, 2.05) is 0 Å². The first-order chi connectivity index (χ1) is 5.12. The van der Waals surface area contributed by atoms with Gasteiger partial charge in [-0.25, -0.2) is 0 Å². The van der Waals surface area contributed by atoms with Crippen LogP contribution in [0.2, 0.25) is 19.1 Å².